The zero-order valence-electron chi connectivity index (χ0n) is 27.0. The SMILES string of the molecule is CCCCOC(=O)N1CCN(C(=O)C(NC(=O)c2cc(N3CCC(OC)C3)nc(-c3ccccc3)n2)c2cccc(P(=O)(O)O)c2)CC1. The van der Waals surface area contributed by atoms with Crippen LogP contribution >= 0.6 is 7.60 Å². The van der Waals surface area contributed by atoms with Crippen molar-refractivity contribution in [2.24, 2.45) is 0 Å². The largest absolute Gasteiger partial charge is 0.449 e. The summed E-state index contributed by atoms with van der Waals surface area (Å²) in [5.74, 6) is -0.309. The molecule has 1 aromatic heterocycles. The number of piperazine rings is 1. The van der Waals surface area contributed by atoms with Crippen LogP contribution in [0.15, 0.2) is 60.7 Å². The van der Waals surface area contributed by atoms with Crippen LogP contribution in [0, 0.1) is 0 Å². The second kappa shape index (κ2) is 15.7. The third-order valence-electron chi connectivity index (χ3n) is 8.41. The number of aromatic nitrogens is 2. The monoisotopic (exact) mass is 680 g/mol. The Hall–Kier alpha value is -4.36. The molecule has 3 heterocycles. The predicted molar refractivity (Wildman–Crippen MR) is 178 cm³/mol. The number of methoxy groups -OCH3 is 1. The first kappa shape index (κ1) is 35.0. The van der Waals surface area contributed by atoms with Crippen molar-refractivity contribution >= 4 is 36.6 Å². The van der Waals surface area contributed by atoms with Gasteiger partial charge in [0.1, 0.15) is 17.6 Å². The Bertz CT molecular complexity index is 1650. The Balaban J connectivity index is 1.43. The molecule has 3 aromatic rings. The molecule has 256 valence electrons. The van der Waals surface area contributed by atoms with Gasteiger partial charge in [-0.05, 0) is 30.5 Å². The molecule has 14 nitrogen and oxygen atoms in total. The normalized spacial score (nSPS) is 17.2. The summed E-state index contributed by atoms with van der Waals surface area (Å²) < 4.78 is 23.0. The minimum atomic E-state index is -4.67. The second-order valence-electron chi connectivity index (χ2n) is 11.7. The fourth-order valence-electron chi connectivity index (χ4n) is 5.62. The molecule has 0 radical (unpaired) electrons. The summed E-state index contributed by atoms with van der Waals surface area (Å²) in [7, 11) is -3.02. The van der Waals surface area contributed by atoms with Crippen LogP contribution in [0.4, 0.5) is 10.6 Å². The average molecular weight is 681 g/mol. The summed E-state index contributed by atoms with van der Waals surface area (Å²) in [6, 6.07) is 14.9. The Kier molecular flexibility index (Phi) is 11.4. The molecule has 15 heteroatoms. The fraction of sp³-hybridized carbons (Fsp3) is 0.424. The Morgan fingerprint density at radius 3 is 2.38 bits per heavy atom. The first-order valence-corrected chi connectivity index (χ1v) is 17.6. The summed E-state index contributed by atoms with van der Waals surface area (Å²) >= 11 is 0. The molecular formula is C33H41N6O8P. The quantitative estimate of drug-likeness (QED) is 0.201. The van der Waals surface area contributed by atoms with Gasteiger partial charge in [-0.1, -0.05) is 55.8 Å². The highest BCUT2D eigenvalue weighted by atomic mass is 31.2. The highest BCUT2D eigenvalue weighted by Crippen LogP contribution is 2.34. The Morgan fingerprint density at radius 2 is 1.71 bits per heavy atom. The summed E-state index contributed by atoms with van der Waals surface area (Å²) in [5.41, 5.74) is 0.905. The van der Waals surface area contributed by atoms with E-state index in [1.54, 1.807) is 13.2 Å². The number of benzene rings is 2. The Morgan fingerprint density at radius 1 is 0.979 bits per heavy atom. The molecule has 2 aromatic carbocycles. The average Bonchev–Trinajstić information content (AvgIpc) is 3.60. The summed E-state index contributed by atoms with van der Waals surface area (Å²) in [6.45, 7) is 4.38. The molecule has 0 saturated carbocycles. The van der Waals surface area contributed by atoms with E-state index < -0.39 is 31.5 Å². The molecule has 2 unspecified atom stereocenters. The molecule has 3 amide bonds. The topological polar surface area (TPSA) is 175 Å². The van der Waals surface area contributed by atoms with Crippen LogP contribution in [0.5, 0.6) is 0 Å². The highest BCUT2D eigenvalue weighted by molar-refractivity contribution is 7.60. The van der Waals surface area contributed by atoms with E-state index >= 15 is 0 Å². The van der Waals surface area contributed by atoms with E-state index in [-0.39, 0.29) is 48.8 Å². The first-order chi connectivity index (χ1) is 23.1. The molecule has 2 aliphatic rings. The van der Waals surface area contributed by atoms with Gasteiger partial charge >= 0.3 is 13.7 Å². The molecule has 0 aliphatic carbocycles. The van der Waals surface area contributed by atoms with Gasteiger partial charge in [-0.2, -0.15) is 0 Å². The molecule has 2 aliphatic heterocycles. The highest BCUT2D eigenvalue weighted by Gasteiger charge is 2.33. The van der Waals surface area contributed by atoms with E-state index in [0.29, 0.717) is 36.9 Å². The van der Waals surface area contributed by atoms with Crippen molar-refractivity contribution in [2.75, 3.05) is 57.9 Å². The van der Waals surface area contributed by atoms with Gasteiger partial charge in [-0.25, -0.2) is 14.8 Å². The van der Waals surface area contributed by atoms with Crippen LogP contribution < -0.4 is 15.5 Å². The molecule has 0 spiro atoms. The van der Waals surface area contributed by atoms with Crippen LogP contribution in [-0.4, -0.2) is 107 Å². The van der Waals surface area contributed by atoms with Gasteiger partial charge in [0.15, 0.2) is 5.82 Å². The smallest absolute Gasteiger partial charge is 0.409 e. The number of ether oxygens (including phenoxy) is 2. The van der Waals surface area contributed by atoms with E-state index in [1.165, 1.54) is 34.1 Å². The zero-order chi connectivity index (χ0) is 34.3. The van der Waals surface area contributed by atoms with Gasteiger partial charge in [0.25, 0.3) is 5.91 Å². The lowest BCUT2D eigenvalue weighted by Crippen LogP contribution is -2.53. The molecule has 48 heavy (non-hydrogen) atoms. The maximum absolute atomic E-state index is 14.1. The van der Waals surface area contributed by atoms with Crippen molar-refractivity contribution in [1.82, 2.24) is 25.1 Å². The summed E-state index contributed by atoms with van der Waals surface area (Å²) in [5, 5.41) is 2.50. The van der Waals surface area contributed by atoms with Crippen molar-refractivity contribution in [3.05, 3.63) is 71.9 Å². The molecular weight excluding hydrogens is 639 g/mol. The number of amides is 3. The minimum Gasteiger partial charge on any atom is -0.449 e. The molecule has 2 atom stereocenters. The van der Waals surface area contributed by atoms with Gasteiger partial charge in [0.2, 0.25) is 5.91 Å². The number of hydrogen-bond acceptors (Lipinski definition) is 9. The number of rotatable bonds is 11. The number of carbonyl (C=O) groups excluding carboxylic acids is 3. The van der Waals surface area contributed by atoms with Crippen LogP contribution in [0.25, 0.3) is 11.4 Å². The summed E-state index contributed by atoms with van der Waals surface area (Å²) in [6.07, 6.45) is 2.00. The molecule has 5 rings (SSSR count). The van der Waals surface area contributed by atoms with Crippen LogP contribution in [0.3, 0.4) is 0 Å². The van der Waals surface area contributed by atoms with Gasteiger partial charge in [-0.15, -0.1) is 0 Å². The van der Waals surface area contributed by atoms with Gasteiger partial charge < -0.3 is 39.3 Å². The lowest BCUT2D eigenvalue weighted by molar-refractivity contribution is -0.135. The van der Waals surface area contributed by atoms with E-state index in [9.17, 15) is 28.7 Å². The van der Waals surface area contributed by atoms with Crippen LogP contribution in [-0.2, 0) is 18.8 Å². The van der Waals surface area contributed by atoms with Crippen molar-refractivity contribution in [3.8, 4) is 11.4 Å². The van der Waals surface area contributed by atoms with Gasteiger partial charge in [-0.3, -0.25) is 14.2 Å². The van der Waals surface area contributed by atoms with Crippen molar-refractivity contribution in [3.63, 3.8) is 0 Å². The molecule has 2 fully saturated rings. The van der Waals surface area contributed by atoms with E-state index in [2.05, 4.69) is 10.3 Å². The zero-order valence-corrected chi connectivity index (χ0v) is 27.9. The molecule has 3 N–H and O–H groups in total. The molecule has 2 saturated heterocycles. The lowest BCUT2D eigenvalue weighted by atomic mass is 10.0. The fourth-order valence-corrected chi connectivity index (χ4v) is 6.22. The van der Waals surface area contributed by atoms with E-state index in [0.717, 1.165) is 19.3 Å². The minimum absolute atomic E-state index is 0.0133. The third-order valence-corrected chi connectivity index (χ3v) is 9.37. The van der Waals surface area contributed by atoms with E-state index in [4.69, 9.17) is 14.5 Å². The number of nitrogens with one attached hydrogen (secondary N) is 1. The number of carbonyl (C=O) groups is 3. The van der Waals surface area contributed by atoms with Gasteiger partial charge in [0, 0.05) is 58.0 Å². The van der Waals surface area contributed by atoms with E-state index in [1.807, 2.05) is 42.2 Å². The maximum Gasteiger partial charge on any atom is 0.409 e. The maximum atomic E-state index is 14.1. The number of anilines is 1. The standard InChI is InChI=1S/C33H41N6O8P/c1-3-4-19-47-33(42)38-17-15-37(16-18-38)32(41)29(24-11-8-12-26(20-24)48(43,44)45)36-31(40)27-21-28(39-14-13-25(22-39)46-2)35-30(34-27)23-9-6-5-7-10-23/h5-12,20-21,25,29H,3-4,13-19,22H2,1-2H3,(H,36,40)(H2,43,44,45). The first-order valence-electron chi connectivity index (χ1n) is 16.0. The predicted octanol–water partition coefficient (Wildman–Crippen LogP) is 2.72. The van der Waals surface area contributed by atoms with Crippen molar-refractivity contribution < 1.29 is 38.2 Å². The van der Waals surface area contributed by atoms with Gasteiger partial charge in [0.05, 0.1) is 18.0 Å². The van der Waals surface area contributed by atoms with Crippen molar-refractivity contribution in [2.45, 2.75) is 38.3 Å². The lowest BCUT2D eigenvalue weighted by Gasteiger charge is -2.36. The number of hydrogen-bond donors (Lipinski definition) is 3. The number of nitrogens with zero attached hydrogens (tertiary/aromatic N) is 5. The van der Waals surface area contributed by atoms with Crippen molar-refractivity contribution in [1.29, 1.82) is 0 Å². The van der Waals surface area contributed by atoms with Crippen LogP contribution in [0.1, 0.15) is 48.3 Å². The molecule has 0 bridgehead atoms. The number of unbranched alkanes of at least 4 members (excludes halogenated alkanes) is 1. The Labute approximate surface area is 279 Å². The second-order valence-corrected chi connectivity index (χ2v) is 13.3. The van der Waals surface area contributed by atoms with Crippen LogP contribution in [0.2, 0.25) is 0 Å². The summed E-state index contributed by atoms with van der Waals surface area (Å²) in [4.78, 5) is 74.6. The third kappa shape index (κ3) is 8.56.